The first-order valence-electron chi connectivity index (χ1n) is 36.2. The van der Waals surface area contributed by atoms with Gasteiger partial charge in [-0.3, -0.25) is 37.3 Å². The Morgan fingerprint density at radius 2 is 0.472 bits per heavy atom. The molecule has 0 fully saturated rings. The van der Waals surface area contributed by atoms with E-state index in [1.807, 2.05) is 0 Å². The van der Waals surface area contributed by atoms with Crippen LogP contribution in [-0.2, 0) is 65.4 Å². The Bertz CT molecular complexity index is 1760. The molecule has 2 unspecified atom stereocenters. The van der Waals surface area contributed by atoms with Gasteiger partial charge in [0.2, 0.25) is 0 Å². The molecule has 19 heteroatoms. The van der Waals surface area contributed by atoms with E-state index in [1.165, 1.54) is 141 Å². The third-order valence-corrected chi connectivity index (χ3v) is 18.0. The summed E-state index contributed by atoms with van der Waals surface area (Å²) in [6, 6.07) is 0. The monoisotopic (exact) mass is 1310 g/mol. The summed E-state index contributed by atoms with van der Waals surface area (Å²) in [5.41, 5.74) is 0. The number of hydrogen-bond acceptors (Lipinski definition) is 15. The van der Waals surface area contributed by atoms with E-state index in [1.54, 1.807) is 0 Å². The van der Waals surface area contributed by atoms with Crippen LogP contribution in [-0.4, -0.2) is 96.7 Å². The molecule has 0 aliphatic carbocycles. The number of phosphoric acid groups is 2. The molecule has 3 N–H and O–H groups in total. The maximum absolute atomic E-state index is 13.0. The van der Waals surface area contributed by atoms with Crippen molar-refractivity contribution in [3.05, 3.63) is 0 Å². The summed E-state index contributed by atoms with van der Waals surface area (Å²) >= 11 is 0. The van der Waals surface area contributed by atoms with Crippen molar-refractivity contribution in [3.63, 3.8) is 0 Å². The predicted molar refractivity (Wildman–Crippen MR) is 358 cm³/mol. The molecule has 0 aliphatic heterocycles. The van der Waals surface area contributed by atoms with E-state index in [2.05, 4.69) is 55.4 Å². The fraction of sp³-hybridized carbons (Fsp3) is 0.943. The molecule has 0 aromatic carbocycles. The predicted octanol–water partition coefficient (Wildman–Crippen LogP) is 19.7. The first-order valence-corrected chi connectivity index (χ1v) is 39.2. The highest BCUT2D eigenvalue weighted by Crippen LogP contribution is 2.45. The molecule has 0 saturated heterocycles. The molecule has 5 atom stereocenters. The Kier molecular flexibility index (Phi) is 58.5. The highest BCUT2D eigenvalue weighted by atomic mass is 31.2. The molecule has 0 rings (SSSR count). The second-order valence-corrected chi connectivity index (χ2v) is 30.1. The van der Waals surface area contributed by atoms with E-state index in [9.17, 15) is 43.2 Å². The topological polar surface area (TPSA) is 237 Å². The van der Waals surface area contributed by atoms with Gasteiger partial charge in [0.1, 0.15) is 19.3 Å². The van der Waals surface area contributed by atoms with Crippen LogP contribution in [0.15, 0.2) is 0 Å². The van der Waals surface area contributed by atoms with Crippen LogP contribution < -0.4 is 0 Å². The Morgan fingerprint density at radius 3 is 0.697 bits per heavy atom. The van der Waals surface area contributed by atoms with Crippen molar-refractivity contribution < 1.29 is 80.2 Å². The minimum Gasteiger partial charge on any atom is -0.462 e. The Balaban J connectivity index is 5.21. The van der Waals surface area contributed by atoms with E-state index >= 15 is 0 Å². The average molecular weight is 1310 g/mol. The van der Waals surface area contributed by atoms with Crippen LogP contribution >= 0.6 is 15.6 Å². The van der Waals surface area contributed by atoms with Gasteiger partial charge in [-0.25, -0.2) is 9.13 Å². The van der Waals surface area contributed by atoms with E-state index in [4.69, 9.17) is 37.0 Å². The molecule has 0 amide bonds. The van der Waals surface area contributed by atoms with Crippen molar-refractivity contribution in [1.29, 1.82) is 0 Å². The summed E-state index contributed by atoms with van der Waals surface area (Å²) in [5.74, 6) is 0.775. The van der Waals surface area contributed by atoms with Crippen LogP contribution in [0.2, 0.25) is 0 Å². The number of aliphatic hydroxyl groups is 1. The van der Waals surface area contributed by atoms with E-state index in [0.717, 1.165) is 108 Å². The fourth-order valence-corrected chi connectivity index (χ4v) is 12.1. The molecule has 0 aliphatic rings. The van der Waals surface area contributed by atoms with Crippen LogP contribution in [0, 0.1) is 23.7 Å². The minimum absolute atomic E-state index is 0.101. The first kappa shape index (κ1) is 87.1. The van der Waals surface area contributed by atoms with Crippen LogP contribution in [0.5, 0.6) is 0 Å². The number of rotatable bonds is 67. The molecule has 0 radical (unpaired) electrons. The first-order chi connectivity index (χ1) is 42.6. The SMILES string of the molecule is CC(C)CCCCCCCCCCCCCCCCCC(=O)O[C@H](COC(=O)CCCCCCCCCCCCC(C)C)COP(=O)(O)OC[C@@H](O)COP(=O)(O)OC[C@@H](COC(=O)CCCCCCCCC(C)C)OC(=O)CCCCCCCCC(C)C. The number of phosphoric ester groups is 2. The highest BCUT2D eigenvalue weighted by molar-refractivity contribution is 7.47. The molecule has 0 heterocycles. The number of ether oxygens (including phenoxy) is 4. The summed E-state index contributed by atoms with van der Waals surface area (Å²) in [6.45, 7) is 14.0. The second kappa shape index (κ2) is 59.8. The highest BCUT2D eigenvalue weighted by Gasteiger charge is 2.30. The van der Waals surface area contributed by atoms with Gasteiger partial charge in [-0.1, -0.05) is 293 Å². The van der Waals surface area contributed by atoms with Crippen molar-refractivity contribution in [3.8, 4) is 0 Å². The lowest BCUT2D eigenvalue weighted by molar-refractivity contribution is -0.161. The zero-order chi connectivity index (χ0) is 66.1. The van der Waals surface area contributed by atoms with Crippen molar-refractivity contribution in [1.82, 2.24) is 0 Å². The lowest BCUT2D eigenvalue weighted by Crippen LogP contribution is -2.30. The Hall–Kier alpha value is -1.94. The maximum Gasteiger partial charge on any atom is 0.472 e. The third kappa shape index (κ3) is 64.6. The summed E-state index contributed by atoms with van der Waals surface area (Å²) in [5, 5.41) is 10.6. The fourth-order valence-electron chi connectivity index (χ4n) is 10.5. The van der Waals surface area contributed by atoms with Gasteiger partial charge in [-0.05, 0) is 49.4 Å². The van der Waals surface area contributed by atoms with Gasteiger partial charge >= 0.3 is 39.5 Å². The van der Waals surface area contributed by atoms with Crippen molar-refractivity contribution >= 4 is 39.5 Å². The standard InChI is InChI=1S/C70H136O17P2/c1-60(2)46-38-30-22-18-14-12-10-9-11-13-15-21-25-36-44-52-69(74)86-65(56-80-67(72)50-42-34-24-20-17-16-19-23-31-39-47-61(3)4)58-84-88(76,77)82-54-64(71)55-83-89(78,79)85-59-66(87-70(75)53-45-37-29-27-33-41-49-63(7)8)57-81-68(73)51-43-35-28-26-32-40-48-62(5)6/h60-66,71H,9-59H2,1-8H3,(H,76,77)(H,78,79)/t64-,65-,66-/m1/s1. The van der Waals surface area contributed by atoms with Gasteiger partial charge in [0, 0.05) is 25.7 Å². The summed E-state index contributed by atoms with van der Waals surface area (Å²) in [6.07, 6.45) is 42.1. The van der Waals surface area contributed by atoms with E-state index < -0.39 is 97.5 Å². The second-order valence-electron chi connectivity index (χ2n) is 27.2. The van der Waals surface area contributed by atoms with Crippen LogP contribution in [0.3, 0.4) is 0 Å². The number of hydrogen-bond donors (Lipinski definition) is 3. The number of unbranched alkanes of at least 4 members (excludes halogenated alkanes) is 33. The van der Waals surface area contributed by atoms with Crippen molar-refractivity contribution in [2.45, 2.75) is 363 Å². The normalized spacial score (nSPS) is 14.3. The number of carbonyl (C=O) groups excluding carboxylic acids is 4. The molecule has 17 nitrogen and oxygen atoms in total. The van der Waals surface area contributed by atoms with Crippen LogP contribution in [0.25, 0.3) is 0 Å². The van der Waals surface area contributed by atoms with Gasteiger partial charge in [-0.15, -0.1) is 0 Å². The van der Waals surface area contributed by atoms with Gasteiger partial charge < -0.3 is 33.8 Å². The van der Waals surface area contributed by atoms with E-state index in [-0.39, 0.29) is 25.7 Å². The number of aliphatic hydroxyl groups excluding tert-OH is 1. The number of esters is 4. The lowest BCUT2D eigenvalue weighted by Gasteiger charge is -2.21. The molecular formula is C70H136O17P2. The molecule has 89 heavy (non-hydrogen) atoms. The van der Waals surface area contributed by atoms with Crippen molar-refractivity contribution in [2.24, 2.45) is 23.7 Å². The van der Waals surface area contributed by atoms with Gasteiger partial charge in [0.25, 0.3) is 0 Å². The molecule has 0 bridgehead atoms. The molecule has 0 spiro atoms. The number of carbonyl (C=O) groups is 4. The maximum atomic E-state index is 13.0. The van der Waals surface area contributed by atoms with Crippen molar-refractivity contribution in [2.75, 3.05) is 39.6 Å². The zero-order valence-electron chi connectivity index (χ0n) is 58.1. The Labute approximate surface area is 543 Å². The Morgan fingerprint density at radius 1 is 0.281 bits per heavy atom. The average Bonchev–Trinajstić information content (AvgIpc) is 3.64. The van der Waals surface area contributed by atoms with Gasteiger partial charge in [0.15, 0.2) is 12.2 Å². The quantitative estimate of drug-likeness (QED) is 0.0222. The molecule has 528 valence electrons. The summed E-state index contributed by atoms with van der Waals surface area (Å²) in [7, 11) is -9.90. The summed E-state index contributed by atoms with van der Waals surface area (Å²) in [4.78, 5) is 72.4. The van der Waals surface area contributed by atoms with Crippen LogP contribution in [0.4, 0.5) is 0 Å². The summed E-state index contributed by atoms with van der Waals surface area (Å²) < 4.78 is 68.2. The third-order valence-electron chi connectivity index (χ3n) is 16.1. The van der Waals surface area contributed by atoms with Crippen LogP contribution in [0.1, 0.15) is 344 Å². The molecule has 0 saturated carbocycles. The largest absolute Gasteiger partial charge is 0.472 e. The molecule has 0 aromatic heterocycles. The van der Waals surface area contributed by atoms with Gasteiger partial charge in [-0.2, -0.15) is 0 Å². The lowest BCUT2D eigenvalue weighted by atomic mass is 10.0. The van der Waals surface area contributed by atoms with Gasteiger partial charge in [0.05, 0.1) is 26.4 Å². The zero-order valence-corrected chi connectivity index (χ0v) is 59.8. The molecule has 0 aromatic rings. The minimum atomic E-state index is -4.95. The van der Waals surface area contributed by atoms with E-state index in [0.29, 0.717) is 37.5 Å². The molecular weight excluding hydrogens is 1170 g/mol. The smallest absolute Gasteiger partial charge is 0.462 e.